The lowest BCUT2D eigenvalue weighted by Crippen LogP contribution is -2.48. The van der Waals surface area contributed by atoms with E-state index < -0.39 is 11.3 Å². The molecule has 0 heterocycles. The number of rotatable bonds is 0. The molecule has 0 radical (unpaired) electrons. The third-order valence-electron chi connectivity index (χ3n) is 3.69. The minimum absolute atomic E-state index is 0.881. The second kappa shape index (κ2) is 4.53. The fourth-order valence-corrected chi connectivity index (χ4v) is 3.28. The van der Waals surface area contributed by atoms with Crippen molar-refractivity contribution >= 4 is 0 Å². The minimum Gasteiger partial charge on any atom is -0.307 e. The standard InChI is InChI=1S/C16H24N4/c1-9-5-15(17,18)6-10(2)13(9)14-11(3)7-16(19,20)8-12(14)4/h5-8H,17-20H2,1-4H3. The zero-order valence-corrected chi connectivity index (χ0v) is 12.6. The number of allylic oxidation sites excluding steroid dienone is 6. The van der Waals surface area contributed by atoms with Crippen molar-refractivity contribution in [2.75, 3.05) is 0 Å². The Morgan fingerprint density at radius 2 is 0.750 bits per heavy atom. The third kappa shape index (κ3) is 2.69. The highest BCUT2D eigenvalue weighted by molar-refractivity contribution is 5.65. The van der Waals surface area contributed by atoms with E-state index in [1.807, 2.05) is 52.0 Å². The van der Waals surface area contributed by atoms with Gasteiger partial charge in [0.1, 0.15) is 11.3 Å². The molecule has 2 aliphatic carbocycles. The van der Waals surface area contributed by atoms with Gasteiger partial charge in [-0.15, -0.1) is 0 Å². The van der Waals surface area contributed by atoms with Crippen LogP contribution in [0.5, 0.6) is 0 Å². The fraction of sp³-hybridized carbons (Fsp3) is 0.375. The van der Waals surface area contributed by atoms with Crippen LogP contribution >= 0.6 is 0 Å². The average Bonchev–Trinajstić information content (AvgIpc) is 2.17. The first-order chi connectivity index (χ1) is 9.02. The van der Waals surface area contributed by atoms with Crippen LogP contribution in [0.4, 0.5) is 0 Å². The van der Waals surface area contributed by atoms with Crippen molar-refractivity contribution in [1.82, 2.24) is 0 Å². The Morgan fingerprint density at radius 3 is 0.950 bits per heavy atom. The van der Waals surface area contributed by atoms with Gasteiger partial charge in [-0.05, 0) is 85.4 Å². The van der Waals surface area contributed by atoms with Crippen LogP contribution in [-0.2, 0) is 0 Å². The summed E-state index contributed by atoms with van der Waals surface area (Å²) >= 11 is 0. The van der Waals surface area contributed by atoms with Gasteiger partial charge in [0.05, 0.1) is 0 Å². The molecule has 0 fully saturated rings. The van der Waals surface area contributed by atoms with Crippen LogP contribution < -0.4 is 22.9 Å². The molecule has 0 saturated carbocycles. The molecule has 0 aliphatic heterocycles. The lowest BCUT2D eigenvalue weighted by molar-refractivity contribution is 0.670. The maximum atomic E-state index is 6.00. The summed E-state index contributed by atoms with van der Waals surface area (Å²) in [5.41, 5.74) is 28.8. The van der Waals surface area contributed by atoms with E-state index in [2.05, 4.69) is 0 Å². The van der Waals surface area contributed by atoms with Gasteiger partial charge in [-0.25, -0.2) is 0 Å². The molecule has 0 spiro atoms. The quantitative estimate of drug-likeness (QED) is 0.499. The van der Waals surface area contributed by atoms with Gasteiger partial charge in [0, 0.05) is 0 Å². The summed E-state index contributed by atoms with van der Waals surface area (Å²) in [6, 6.07) is 0. The zero-order valence-electron chi connectivity index (χ0n) is 12.6. The first-order valence-corrected chi connectivity index (χ1v) is 6.71. The smallest absolute Gasteiger partial charge is 0.103 e. The fourth-order valence-electron chi connectivity index (χ4n) is 3.28. The first kappa shape index (κ1) is 14.9. The van der Waals surface area contributed by atoms with Crippen LogP contribution in [0.3, 0.4) is 0 Å². The number of hydrogen-bond donors (Lipinski definition) is 4. The molecule has 0 amide bonds. The Bertz CT molecular complexity index is 508. The largest absolute Gasteiger partial charge is 0.307 e. The molecule has 4 nitrogen and oxygen atoms in total. The Morgan fingerprint density at radius 1 is 0.550 bits per heavy atom. The number of nitrogens with two attached hydrogens (primary N) is 4. The summed E-state index contributed by atoms with van der Waals surface area (Å²) in [4.78, 5) is 0. The van der Waals surface area contributed by atoms with Gasteiger partial charge in [-0.1, -0.05) is 0 Å². The average molecular weight is 272 g/mol. The maximum absolute atomic E-state index is 6.00. The van der Waals surface area contributed by atoms with Gasteiger partial charge in [0.15, 0.2) is 0 Å². The van der Waals surface area contributed by atoms with E-state index in [1.54, 1.807) is 0 Å². The predicted octanol–water partition coefficient (Wildman–Crippen LogP) is 1.32. The molecule has 0 unspecified atom stereocenters. The zero-order chi connectivity index (χ0) is 15.3. The van der Waals surface area contributed by atoms with Gasteiger partial charge < -0.3 is 22.9 Å². The maximum Gasteiger partial charge on any atom is 0.103 e. The van der Waals surface area contributed by atoms with E-state index in [1.165, 1.54) is 0 Å². The number of hydrogen-bond acceptors (Lipinski definition) is 4. The molecule has 0 aromatic heterocycles. The van der Waals surface area contributed by atoms with Crippen molar-refractivity contribution < 1.29 is 0 Å². The highest BCUT2D eigenvalue weighted by Crippen LogP contribution is 2.37. The molecule has 0 aromatic rings. The predicted molar refractivity (Wildman–Crippen MR) is 84.3 cm³/mol. The normalized spacial score (nSPS) is 24.8. The highest BCUT2D eigenvalue weighted by atomic mass is 14.9. The Kier molecular flexibility index (Phi) is 3.38. The lowest BCUT2D eigenvalue weighted by atomic mass is 9.79. The first-order valence-electron chi connectivity index (χ1n) is 6.71. The van der Waals surface area contributed by atoms with Crippen molar-refractivity contribution in [3.63, 3.8) is 0 Å². The van der Waals surface area contributed by atoms with E-state index in [0.717, 1.165) is 33.4 Å². The Labute approximate surface area is 120 Å². The van der Waals surface area contributed by atoms with Crippen LogP contribution in [-0.4, -0.2) is 11.3 Å². The SMILES string of the molecule is CC1=CC(N)(N)C=C(C)C1=C1C(C)=CC(N)(N)C=C1C. The van der Waals surface area contributed by atoms with Crippen molar-refractivity contribution in [3.8, 4) is 0 Å². The van der Waals surface area contributed by atoms with E-state index in [0.29, 0.717) is 0 Å². The third-order valence-corrected chi connectivity index (χ3v) is 3.69. The van der Waals surface area contributed by atoms with Crippen LogP contribution in [0.15, 0.2) is 57.7 Å². The van der Waals surface area contributed by atoms with Crippen LogP contribution in [0, 0.1) is 0 Å². The van der Waals surface area contributed by atoms with Gasteiger partial charge >= 0.3 is 0 Å². The van der Waals surface area contributed by atoms with Crippen molar-refractivity contribution in [1.29, 1.82) is 0 Å². The van der Waals surface area contributed by atoms with Gasteiger partial charge in [-0.3, -0.25) is 0 Å². The molecule has 2 rings (SSSR count). The summed E-state index contributed by atoms with van der Waals surface area (Å²) in [7, 11) is 0. The molecule has 4 heteroatoms. The molecule has 108 valence electrons. The summed E-state index contributed by atoms with van der Waals surface area (Å²) < 4.78 is 0. The lowest BCUT2D eigenvalue weighted by Gasteiger charge is -2.31. The van der Waals surface area contributed by atoms with Crippen molar-refractivity contribution in [2.24, 2.45) is 22.9 Å². The molecule has 0 saturated heterocycles. The minimum atomic E-state index is -0.881. The molecule has 0 aromatic carbocycles. The van der Waals surface area contributed by atoms with Gasteiger partial charge in [0.25, 0.3) is 0 Å². The second-order valence-corrected chi connectivity index (χ2v) is 6.06. The van der Waals surface area contributed by atoms with E-state index in [4.69, 9.17) is 22.9 Å². The summed E-state index contributed by atoms with van der Waals surface area (Å²) in [6.07, 6.45) is 7.54. The summed E-state index contributed by atoms with van der Waals surface area (Å²) in [5.74, 6) is 0. The highest BCUT2D eigenvalue weighted by Gasteiger charge is 2.27. The van der Waals surface area contributed by atoms with Crippen LogP contribution in [0.1, 0.15) is 27.7 Å². The summed E-state index contributed by atoms with van der Waals surface area (Å²) in [5, 5.41) is 0. The van der Waals surface area contributed by atoms with Crippen LogP contribution in [0.2, 0.25) is 0 Å². The Balaban J connectivity index is 2.66. The van der Waals surface area contributed by atoms with E-state index in [9.17, 15) is 0 Å². The van der Waals surface area contributed by atoms with Crippen LogP contribution in [0.25, 0.3) is 0 Å². The topological polar surface area (TPSA) is 104 Å². The molecular weight excluding hydrogens is 248 g/mol. The van der Waals surface area contributed by atoms with Crippen molar-refractivity contribution in [2.45, 2.75) is 39.0 Å². The van der Waals surface area contributed by atoms with Crippen molar-refractivity contribution in [3.05, 3.63) is 57.7 Å². The molecule has 20 heavy (non-hydrogen) atoms. The van der Waals surface area contributed by atoms with E-state index >= 15 is 0 Å². The van der Waals surface area contributed by atoms with Gasteiger partial charge in [-0.2, -0.15) is 0 Å². The molecule has 0 bridgehead atoms. The molecule has 0 atom stereocenters. The monoisotopic (exact) mass is 272 g/mol. The van der Waals surface area contributed by atoms with E-state index in [-0.39, 0.29) is 0 Å². The molecule has 8 N–H and O–H groups in total. The second-order valence-electron chi connectivity index (χ2n) is 6.06. The van der Waals surface area contributed by atoms with Gasteiger partial charge in [0.2, 0.25) is 0 Å². The summed E-state index contributed by atoms with van der Waals surface area (Å²) in [6.45, 7) is 8.11. The Hall–Kier alpha value is -1.46. The molecule has 2 aliphatic rings. The molecular formula is C16H24N4.